The smallest absolute Gasteiger partial charge is 0.140 e. The normalized spacial score (nSPS) is 15.6. The number of rotatable bonds is 1. The van der Waals surface area contributed by atoms with Crippen LogP contribution in [0, 0.1) is 18.8 Å². The van der Waals surface area contributed by atoms with E-state index in [9.17, 15) is 0 Å². The van der Waals surface area contributed by atoms with Gasteiger partial charge in [0.25, 0.3) is 0 Å². The molecule has 0 aromatic heterocycles. The fourth-order valence-corrected chi connectivity index (χ4v) is 0.246. The summed E-state index contributed by atoms with van der Waals surface area (Å²) in [6, 6.07) is 0. The van der Waals surface area contributed by atoms with E-state index in [0.717, 1.165) is 0 Å². The van der Waals surface area contributed by atoms with Crippen molar-refractivity contribution in [1.82, 2.24) is 0 Å². The van der Waals surface area contributed by atoms with Crippen LogP contribution >= 0.6 is 0 Å². The molecular formula is C6H9O3. The molecule has 0 aliphatic carbocycles. The van der Waals surface area contributed by atoms with Crippen LogP contribution in [-0.4, -0.2) is 34.1 Å². The minimum atomic E-state index is -1.16. The van der Waals surface area contributed by atoms with E-state index in [0.29, 0.717) is 0 Å². The van der Waals surface area contributed by atoms with E-state index < -0.39 is 12.2 Å². The van der Waals surface area contributed by atoms with Crippen LogP contribution in [0.15, 0.2) is 0 Å². The Balaban J connectivity index is 3.61. The molecule has 1 radical (unpaired) electrons. The molecule has 2 unspecified atom stereocenters. The molecule has 0 aromatic rings. The van der Waals surface area contributed by atoms with Gasteiger partial charge in [0, 0.05) is 0 Å². The molecule has 3 nitrogen and oxygen atoms in total. The van der Waals surface area contributed by atoms with Gasteiger partial charge in [-0.25, -0.2) is 0 Å². The van der Waals surface area contributed by atoms with Crippen LogP contribution in [0.25, 0.3) is 0 Å². The van der Waals surface area contributed by atoms with Crippen molar-refractivity contribution in [2.75, 3.05) is 6.61 Å². The van der Waals surface area contributed by atoms with Crippen LogP contribution < -0.4 is 0 Å². The molecule has 0 rings (SSSR count). The second kappa shape index (κ2) is 4.33. The van der Waals surface area contributed by atoms with Crippen LogP contribution in [0.2, 0.25) is 0 Å². The Kier molecular flexibility index (Phi) is 4.06. The summed E-state index contributed by atoms with van der Waals surface area (Å²) in [6.45, 7) is 2.80. The van der Waals surface area contributed by atoms with Gasteiger partial charge < -0.3 is 15.3 Å². The first-order chi connectivity index (χ1) is 4.18. The Hall–Kier alpha value is -0.560. The highest BCUT2D eigenvalue weighted by Crippen LogP contribution is 1.86. The molecule has 0 saturated carbocycles. The molecule has 0 heterocycles. The Bertz CT molecular complexity index is 120. The standard InChI is InChI=1S/C6H9O3/c1-5(8)6(9)3-2-4-7/h5-9H,1,4H2. The highest BCUT2D eigenvalue weighted by molar-refractivity contribution is 5.06. The first kappa shape index (κ1) is 8.44. The lowest BCUT2D eigenvalue weighted by atomic mass is 10.2. The Morgan fingerprint density at radius 2 is 2.00 bits per heavy atom. The molecule has 0 aliphatic heterocycles. The maximum absolute atomic E-state index is 8.66. The number of hydrogen-bond acceptors (Lipinski definition) is 3. The predicted molar refractivity (Wildman–Crippen MR) is 32.2 cm³/mol. The van der Waals surface area contributed by atoms with Gasteiger partial charge in [-0.05, 0) is 6.92 Å². The molecular weight excluding hydrogens is 120 g/mol. The molecule has 0 saturated heterocycles. The molecule has 9 heavy (non-hydrogen) atoms. The van der Waals surface area contributed by atoms with Crippen LogP contribution in [0.4, 0.5) is 0 Å². The van der Waals surface area contributed by atoms with Gasteiger partial charge in [0.2, 0.25) is 0 Å². The Labute approximate surface area is 53.9 Å². The summed E-state index contributed by atoms with van der Waals surface area (Å²) in [7, 11) is 0. The van der Waals surface area contributed by atoms with Gasteiger partial charge >= 0.3 is 0 Å². The van der Waals surface area contributed by atoms with E-state index in [1.165, 1.54) is 0 Å². The summed E-state index contributed by atoms with van der Waals surface area (Å²) in [5, 5.41) is 25.3. The predicted octanol–water partition coefficient (Wildman–Crippen LogP) is -1.46. The van der Waals surface area contributed by atoms with Crippen molar-refractivity contribution < 1.29 is 15.3 Å². The van der Waals surface area contributed by atoms with Crippen molar-refractivity contribution in [3.8, 4) is 11.8 Å². The summed E-state index contributed by atoms with van der Waals surface area (Å²) in [4.78, 5) is 0. The molecule has 0 fully saturated rings. The molecule has 0 amide bonds. The van der Waals surface area contributed by atoms with Crippen molar-refractivity contribution in [1.29, 1.82) is 0 Å². The van der Waals surface area contributed by atoms with E-state index in [2.05, 4.69) is 18.8 Å². The second-order valence-corrected chi connectivity index (χ2v) is 1.49. The van der Waals surface area contributed by atoms with Gasteiger partial charge in [0.15, 0.2) is 0 Å². The molecule has 0 bridgehead atoms. The highest BCUT2D eigenvalue weighted by Gasteiger charge is 2.04. The van der Waals surface area contributed by atoms with E-state index in [-0.39, 0.29) is 6.61 Å². The molecule has 3 N–H and O–H groups in total. The summed E-state index contributed by atoms with van der Waals surface area (Å²) < 4.78 is 0. The van der Waals surface area contributed by atoms with Gasteiger partial charge in [-0.2, -0.15) is 0 Å². The number of hydrogen-bond donors (Lipinski definition) is 3. The molecule has 0 aliphatic rings. The van der Waals surface area contributed by atoms with Crippen LogP contribution in [0.3, 0.4) is 0 Å². The average molecular weight is 129 g/mol. The minimum absolute atomic E-state index is 0.316. The second-order valence-electron chi connectivity index (χ2n) is 1.49. The quantitative estimate of drug-likeness (QED) is 0.379. The highest BCUT2D eigenvalue weighted by atomic mass is 16.3. The summed E-state index contributed by atoms with van der Waals surface area (Å²) in [5.74, 6) is 4.36. The summed E-state index contributed by atoms with van der Waals surface area (Å²) in [6.07, 6.45) is -2.26. The molecule has 2 atom stereocenters. The van der Waals surface area contributed by atoms with Crippen LogP contribution in [0.1, 0.15) is 0 Å². The third-order valence-electron chi connectivity index (χ3n) is 0.693. The molecule has 0 aromatic carbocycles. The topological polar surface area (TPSA) is 60.7 Å². The van der Waals surface area contributed by atoms with Crippen LogP contribution in [-0.2, 0) is 0 Å². The third kappa shape index (κ3) is 3.98. The van der Waals surface area contributed by atoms with Crippen molar-refractivity contribution in [2.45, 2.75) is 12.2 Å². The Morgan fingerprint density at radius 3 is 2.33 bits per heavy atom. The lowest BCUT2D eigenvalue weighted by molar-refractivity contribution is 0.0850. The summed E-state index contributed by atoms with van der Waals surface area (Å²) in [5.41, 5.74) is 0. The summed E-state index contributed by atoms with van der Waals surface area (Å²) >= 11 is 0. The van der Waals surface area contributed by atoms with Gasteiger partial charge in [-0.15, -0.1) is 0 Å². The van der Waals surface area contributed by atoms with Gasteiger partial charge in [0.05, 0.1) is 6.10 Å². The fraction of sp³-hybridized carbons (Fsp3) is 0.500. The van der Waals surface area contributed by atoms with Gasteiger partial charge in [0.1, 0.15) is 12.7 Å². The SMILES string of the molecule is [CH2]C(O)C(O)C#CCO. The van der Waals surface area contributed by atoms with Crippen molar-refractivity contribution in [3.05, 3.63) is 6.92 Å². The van der Waals surface area contributed by atoms with E-state index in [4.69, 9.17) is 15.3 Å². The molecule has 51 valence electrons. The lowest BCUT2D eigenvalue weighted by Gasteiger charge is -2.03. The van der Waals surface area contributed by atoms with E-state index in [1.807, 2.05) is 0 Å². The van der Waals surface area contributed by atoms with E-state index >= 15 is 0 Å². The maximum atomic E-state index is 8.66. The number of aliphatic hydroxyl groups is 3. The molecule has 0 spiro atoms. The monoisotopic (exact) mass is 129 g/mol. The van der Waals surface area contributed by atoms with Gasteiger partial charge in [-0.1, -0.05) is 11.8 Å². The van der Waals surface area contributed by atoms with Crippen molar-refractivity contribution in [3.63, 3.8) is 0 Å². The largest absolute Gasteiger partial charge is 0.389 e. The molecule has 3 heteroatoms. The zero-order valence-corrected chi connectivity index (χ0v) is 4.91. The van der Waals surface area contributed by atoms with Crippen LogP contribution in [0.5, 0.6) is 0 Å². The average Bonchev–Trinajstić information content (AvgIpc) is 1.82. The maximum Gasteiger partial charge on any atom is 0.140 e. The fourth-order valence-electron chi connectivity index (χ4n) is 0.246. The van der Waals surface area contributed by atoms with Crippen molar-refractivity contribution >= 4 is 0 Å². The van der Waals surface area contributed by atoms with Crippen molar-refractivity contribution in [2.24, 2.45) is 0 Å². The number of aliphatic hydroxyl groups excluding tert-OH is 3. The first-order valence-electron chi connectivity index (χ1n) is 2.47. The zero-order valence-electron chi connectivity index (χ0n) is 4.91. The Morgan fingerprint density at radius 1 is 1.44 bits per heavy atom. The third-order valence-corrected chi connectivity index (χ3v) is 0.693. The first-order valence-corrected chi connectivity index (χ1v) is 2.47. The minimum Gasteiger partial charge on any atom is -0.389 e. The van der Waals surface area contributed by atoms with Gasteiger partial charge in [-0.3, -0.25) is 0 Å². The van der Waals surface area contributed by atoms with E-state index in [1.54, 1.807) is 0 Å². The zero-order chi connectivity index (χ0) is 7.28. The lowest BCUT2D eigenvalue weighted by Crippen LogP contribution is -2.20.